The van der Waals surface area contributed by atoms with Crippen molar-refractivity contribution in [3.05, 3.63) is 111 Å². The van der Waals surface area contributed by atoms with E-state index >= 15 is 0 Å². The molecule has 0 spiro atoms. The van der Waals surface area contributed by atoms with Gasteiger partial charge in [0.2, 0.25) is 0 Å². The third-order valence-electron chi connectivity index (χ3n) is 6.85. The molecule has 0 saturated carbocycles. The number of hydrogen-bond donors (Lipinski definition) is 1. The highest BCUT2D eigenvalue weighted by molar-refractivity contribution is 5.61. The molecule has 1 aliphatic carbocycles. The fourth-order valence-corrected chi connectivity index (χ4v) is 4.95. The number of allylic oxidation sites excluding steroid dienone is 2. The molecule has 1 aliphatic heterocycles. The minimum Gasteiger partial charge on any atom is -0.489 e. The van der Waals surface area contributed by atoms with Gasteiger partial charge in [-0.05, 0) is 70.8 Å². The number of rotatable bonds is 6. The molecular weight excluding hydrogens is 412 g/mol. The van der Waals surface area contributed by atoms with Crippen LogP contribution < -0.4 is 10.1 Å². The molecular formula is C28H28N2O3. The second kappa shape index (κ2) is 8.74. The van der Waals surface area contributed by atoms with Gasteiger partial charge in [0.15, 0.2) is 0 Å². The molecule has 5 nitrogen and oxygen atoms in total. The van der Waals surface area contributed by atoms with Gasteiger partial charge in [-0.15, -0.1) is 0 Å². The number of hydrogen-bond acceptors (Lipinski definition) is 4. The van der Waals surface area contributed by atoms with Gasteiger partial charge < -0.3 is 10.1 Å². The van der Waals surface area contributed by atoms with Crippen LogP contribution in [-0.2, 0) is 6.61 Å². The molecule has 1 heterocycles. The summed E-state index contributed by atoms with van der Waals surface area (Å²) in [5.74, 6) is 2.26. The molecule has 2 aliphatic rings. The van der Waals surface area contributed by atoms with Gasteiger partial charge in [-0.3, -0.25) is 10.1 Å². The van der Waals surface area contributed by atoms with E-state index in [9.17, 15) is 10.1 Å². The first-order valence-electron chi connectivity index (χ1n) is 11.5. The second-order valence-electron chi connectivity index (χ2n) is 9.26. The Kier molecular flexibility index (Phi) is 5.63. The monoisotopic (exact) mass is 440 g/mol. The number of fused-ring (bicyclic) bond motifs is 3. The minimum atomic E-state index is -0.394. The highest BCUT2D eigenvalue weighted by Crippen LogP contribution is 2.50. The fourth-order valence-electron chi connectivity index (χ4n) is 4.95. The van der Waals surface area contributed by atoms with Crippen molar-refractivity contribution >= 4 is 11.4 Å². The number of nitrogens with one attached hydrogen (secondary N) is 1. The molecule has 5 rings (SSSR count). The Morgan fingerprint density at radius 2 is 1.82 bits per heavy atom. The van der Waals surface area contributed by atoms with Gasteiger partial charge in [-0.1, -0.05) is 50.3 Å². The zero-order valence-electron chi connectivity index (χ0n) is 18.9. The molecule has 3 atom stereocenters. The molecule has 0 unspecified atom stereocenters. The van der Waals surface area contributed by atoms with E-state index in [1.54, 1.807) is 12.1 Å². The van der Waals surface area contributed by atoms with E-state index in [1.165, 1.54) is 34.5 Å². The lowest BCUT2D eigenvalue weighted by atomic mass is 9.76. The number of ether oxygens (including phenoxy) is 1. The summed E-state index contributed by atoms with van der Waals surface area (Å²) in [6, 6.07) is 21.9. The lowest BCUT2D eigenvalue weighted by Gasteiger charge is -2.38. The maximum atomic E-state index is 10.8. The average molecular weight is 441 g/mol. The van der Waals surface area contributed by atoms with Gasteiger partial charge in [0, 0.05) is 23.7 Å². The lowest BCUT2D eigenvalue weighted by molar-refractivity contribution is -0.384. The SMILES string of the molecule is CC(C)c1ccc2c(c1)[C@@H]1C=CC[C@@H]1[C@H](c1ccc(OCc3ccc([N+](=O)[O-])cc3)cc1)N2. The lowest BCUT2D eigenvalue weighted by Crippen LogP contribution is -2.29. The van der Waals surface area contributed by atoms with Crippen molar-refractivity contribution in [1.82, 2.24) is 0 Å². The van der Waals surface area contributed by atoms with Crippen LogP contribution >= 0.6 is 0 Å². The van der Waals surface area contributed by atoms with E-state index in [0.717, 1.165) is 17.7 Å². The van der Waals surface area contributed by atoms with Crippen LogP contribution in [0.25, 0.3) is 0 Å². The van der Waals surface area contributed by atoms with Crippen LogP contribution in [0.5, 0.6) is 5.75 Å². The van der Waals surface area contributed by atoms with Gasteiger partial charge in [0.1, 0.15) is 12.4 Å². The van der Waals surface area contributed by atoms with E-state index in [0.29, 0.717) is 24.4 Å². The normalized spacial score (nSPS) is 20.8. The standard InChI is InChI=1S/C28H28N2O3/c1-18(2)21-10-15-27-26(16-21)24-4-3-5-25(24)28(29-27)20-8-13-23(14-9-20)33-17-19-6-11-22(12-7-19)30(31)32/h3-4,6-16,18,24-25,28-29H,5,17H2,1-2H3/t24-,25+,28+/m1/s1. The molecule has 33 heavy (non-hydrogen) atoms. The van der Waals surface area contributed by atoms with Gasteiger partial charge >= 0.3 is 0 Å². The smallest absolute Gasteiger partial charge is 0.269 e. The van der Waals surface area contributed by atoms with Gasteiger partial charge in [-0.25, -0.2) is 0 Å². The summed E-state index contributed by atoms with van der Waals surface area (Å²) in [5.41, 5.74) is 6.29. The number of anilines is 1. The van der Waals surface area contributed by atoms with Gasteiger partial charge in [-0.2, -0.15) is 0 Å². The van der Waals surface area contributed by atoms with E-state index in [1.807, 2.05) is 12.1 Å². The Morgan fingerprint density at radius 1 is 1.06 bits per heavy atom. The molecule has 1 N–H and O–H groups in total. The Hall–Kier alpha value is -3.60. The maximum Gasteiger partial charge on any atom is 0.269 e. The topological polar surface area (TPSA) is 64.4 Å². The van der Waals surface area contributed by atoms with Crippen LogP contribution in [0.2, 0.25) is 0 Å². The molecule has 0 aromatic heterocycles. The van der Waals surface area contributed by atoms with Crippen LogP contribution in [0.4, 0.5) is 11.4 Å². The van der Waals surface area contributed by atoms with Gasteiger partial charge in [0.25, 0.3) is 5.69 Å². The zero-order valence-corrected chi connectivity index (χ0v) is 18.9. The number of nitro groups is 1. The predicted molar refractivity (Wildman–Crippen MR) is 131 cm³/mol. The van der Waals surface area contributed by atoms with E-state index in [-0.39, 0.29) is 11.7 Å². The molecule has 168 valence electrons. The van der Waals surface area contributed by atoms with Gasteiger partial charge in [0.05, 0.1) is 11.0 Å². The third-order valence-corrected chi connectivity index (χ3v) is 6.85. The zero-order chi connectivity index (χ0) is 22.9. The van der Waals surface area contributed by atoms with Crippen molar-refractivity contribution in [2.75, 3.05) is 5.32 Å². The van der Waals surface area contributed by atoms with Crippen LogP contribution in [0.3, 0.4) is 0 Å². The first kappa shape index (κ1) is 21.3. The number of nitrogens with zero attached hydrogens (tertiary/aromatic N) is 1. The van der Waals surface area contributed by atoms with Crippen LogP contribution in [0.15, 0.2) is 78.9 Å². The van der Waals surface area contributed by atoms with Crippen molar-refractivity contribution in [2.24, 2.45) is 5.92 Å². The quantitative estimate of drug-likeness (QED) is 0.252. The largest absolute Gasteiger partial charge is 0.489 e. The Morgan fingerprint density at radius 3 is 2.52 bits per heavy atom. The van der Waals surface area contributed by atoms with Crippen molar-refractivity contribution in [2.45, 2.75) is 44.8 Å². The van der Waals surface area contributed by atoms with Crippen molar-refractivity contribution in [1.29, 1.82) is 0 Å². The Balaban J connectivity index is 1.30. The first-order chi connectivity index (χ1) is 16.0. The van der Waals surface area contributed by atoms with E-state index in [2.05, 4.69) is 61.6 Å². The molecule has 5 heteroatoms. The van der Waals surface area contributed by atoms with Crippen molar-refractivity contribution in [3.63, 3.8) is 0 Å². The summed E-state index contributed by atoms with van der Waals surface area (Å²) < 4.78 is 5.91. The van der Waals surface area contributed by atoms with Crippen molar-refractivity contribution in [3.8, 4) is 5.75 Å². The molecule has 3 aromatic carbocycles. The Bertz CT molecular complexity index is 1180. The third kappa shape index (κ3) is 4.23. The fraction of sp³-hybridized carbons (Fsp3) is 0.286. The van der Waals surface area contributed by atoms with Crippen LogP contribution in [-0.4, -0.2) is 4.92 Å². The summed E-state index contributed by atoms with van der Waals surface area (Å²) in [7, 11) is 0. The highest BCUT2D eigenvalue weighted by Gasteiger charge is 2.37. The molecule has 0 fully saturated rings. The summed E-state index contributed by atoms with van der Waals surface area (Å²) in [5, 5.41) is 14.6. The predicted octanol–water partition coefficient (Wildman–Crippen LogP) is 7.12. The highest BCUT2D eigenvalue weighted by atomic mass is 16.6. The van der Waals surface area contributed by atoms with Crippen LogP contribution in [0, 0.1) is 16.0 Å². The van der Waals surface area contributed by atoms with E-state index < -0.39 is 4.92 Å². The van der Waals surface area contributed by atoms with Crippen molar-refractivity contribution < 1.29 is 9.66 Å². The average Bonchev–Trinajstić information content (AvgIpc) is 3.33. The second-order valence-corrected chi connectivity index (χ2v) is 9.26. The molecule has 0 bridgehead atoms. The summed E-state index contributed by atoms with van der Waals surface area (Å²) >= 11 is 0. The summed E-state index contributed by atoms with van der Waals surface area (Å²) in [4.78, 5) is 10.4. The first-order valence-corrected chi connectivity index (χ1v) is 11.5. The summed E-state index contributed by atoms with van der Waals surface area (Å²) in [6.45, 7) is 4.86. The number of non-ortho nitro benzene ring substituents is 1. The Labute approximate surface area is 194 Å². The molecule has 0 radical (unpaired) electrons. The van der Waals surface area contributed by atoms with E-state index in [4.69, 9.17) is 4.74 Å². The maximum absolute atomic E-state index is 10.8. The number of nitro benzene ring substituents is 1. The molecule has 3 aromatic rings. The van der Waals surface area contributed by atoms with Crippen LogP contribution in [0.1, 0.15) is 60.4 Å². The molecule has 0 amide bonds. The minimum absolute atomic E-state index is 0.0878. The summed E-state index contributed by atoms with van der Waals surface area (Å²) in [6.07, 6.45) is 5.78. The molecule has 0 saturated heterocycles. The number of benzene rings is 3.